The van der Waals surface area contributed by atoms with Gasteiger partial charge in [-0.05, 0) is 51.0 Å². The number of carbonyl (C=O) groups is 1. The Balaban J connectivity index is 1.90. The van der Waals surface area contributed by atoms with E-state index in [1.807, 2.05) is 4.90 Å². The molecule has 0 bridgehead atoms. The molecule has 2 heterocycles. The standard InChI is InChI=1S/C21H26F3N5O2/c1-21(2,3)31-20(30)27-17-10-29(18-5-4-16(25)19(26)28-18)7-6-11(17)12-8-14(23)15(24)9-13(12)22/h4-5,8-9,11,17H,6-7,10,25H2,1-3H3,(H2,26,28)(H,27,30)/t11-,17+/m1/s1. The number of alkyl carbamates (subject to hydrolysis) is 1. The molecule has 7 nitrogen and oxygen atoms in total. The molecule has 1 aliphatic heterocycles. The maximum atomic E-state index is 14.5. The molecule has 0 radical (unpaired) electrons. The van der Waals surface area contributed by atoms with Crippen molar-refractivity contribution in [3.63, 3.8) is 0 Å². The number of amides is 1. The lowest BCUT2D eigenvalue weighted by Gasteiger charge is -2.40. The lowest BCUT2D eigenvalue weighted by molar-refractivity contribution is 0.0492. The molecule has 5 N–H and O–H groups in total. The molecule has 0 unspecified atom stereocenters. The van der Waals surface area contributed by atoms with Crippen LogP contribution >= 0.6 is 0 Å². The van der Waals surface area contributed by atoms with Crippen LogP contribution in [0, 0.1) is 17.5 Å². The maximum Gasteiger partial charge on any atom is 0.407 e. The van der Waals surface area contributed by atoms with Gasteiger partial charge >= 0.3 is 6.09 Å². The van der Waals surface area contributed by atoms with Gasteiger partial charge < -0.3 is 26.4 Å². The quantitative estimate of drug-likeness (QED) is 0.634. The minimum atomic E-state index is -1.27. The largest absolute Gasteiger partial charge is 0.444 e. The molecule has 1 aromatic heterocycles. The van der Waals surface area contributed by atoms with Gasteiger partial charge in [-0.15, -0.1) is 0 Å². The molecule has 2 atom stereocenters. The fourth-order valence-electron chi connectivity index (χ4n) is 3.61. The van der Waals surface area contributed by atoms with Gasteiger partial charge in [0.15, 0.2) is 11.6 Å². The number of carbonyl (C=O) groups excluding carboxylic acids is 1. The lowest BCUT2D eigenvalue weighted by Crippen LogP contribution is -2.53. The van der Waals surface area contributed by atoms with Crippen LogP contribution in [0.25, 0.3) is 0 Å². The van der Waals surface area contributed by atoms with E-state index in [-0.39, 0.29) is 17.9 Å². The third-order valence-corrected chi connectivity index (χ3v) is 5.02. The molecule has 10 heteroatoms. The summed E-state index contributed by atoms with van der Waals surface area (Å²) in [6, 6.07) is 4.01. The Hall–Kier alpha value is -3.17. The third-order valence-electron chi connectivity index (χ3n) is 5.02. The molecule has 0 saturated carbocycles. The van der Waals surface area contributed by atoms with Crippen LogP contribution in [0.1, 0.15) is 38.7 Å². The molecule has 168 valence electrons. The number of nitrogens with one attached hydrogen (secondary N) is 1. The smallest absolute Gasteiger partial charge is 0.407 e. The normalized spacial score (nSPS) is 19.2. The van der Waals surface area contributed by atoms with Gasteiger partial charge in [0.2, 0.25) is 0 Å². The van der Waals surface area contributed by atoms with Gasteiger partial charge in [0.1, 0.15) is 23.1 Å². The van der Waals surface area contributed by atoms with E-state index < -0.39 is 41.1 Å². The number of ether oxygens (including phenoxy) is 1. The zero-order valence-corrected chi connectivity index (χ0v) is 17.6. The topological polar surface area (TPSA) is 106 Å². The molecule has 0 spiro atoms. The van der Waals surface area contributed by atoms with Crippen LogP contribution in [0.4, 0.5) is 35.3 Å². The Morgan fingerprint density at radius 1 is 1.16 bits per heavy atom. The minimum absolute atomic E-state index is 0.00983. The first kappa shape index (κ1) is 22.5. The number of pyridine rings is 1. The van der Waals surface area contributed by atoms with E-state index in [1.54, 1.807) is 32.9 Å². The Morgan fingerprint density at radius 2 is 1.84 bits per heavy atom. The summed E-state index contributed by atoms with van der Waals surface area (Å²) < 4.78 is 47.1. The van der Waals surface area contributed by atoms with Crippen molar-refractivity contribution < 1.29 is 22.7 Å². The predicted octanol–water partition coefficient (Wildman–Crippen LogP) is 3.55. The SMILES string of the molecule is CC(C)(C)OC(=O)N[C@H]1CN(c2ccc(N)c(N)n2)CC[C@@H]1c1cc(F)c(F)cc1F. The number of nitrogens with zero attached hydrogens (tertiary/aromatic N) is 2. The first-order chi connectivity index (χ1) is 14.4. The second-order valence-corrected chi connectivity index (χ2v) is 8.53. The van der Waals surface area contributed by atoms with Crippen molar-refractivity contribution in [2.75, 3.05) is 29.5 Å². The highest BCUT2D eigenvalue weighted by Gasteiger charge is 2.35. The van der Waals surface area contributed by atoms with Gasteiger partial charge in [-0.2, -0.15) is 0 Å². The highest BCUT2D eigenvalue weighted by Crippen LogP contribution is 2.33. The number of rotatable bonds is 3. The Labute approximate surface area is 178 Å². The number of aromatic nitrogens is 1. The van der Waals surface area contributed by atoms with Gasteiger partial charge in [0.25, 0.3) is 0 Å². The van der Waals surface area contributed by atoms with Gasteiger partial charge in [-0.3, -0.25) is 0 Å². The van der Waals surface area contributed by atoms with Crippen LogP contribution in [0.2, 0.25) is 0 Å². The summed E-state index contributed by atoms with van der Waals surface area (Å²) in [5.74, 6) is -3.19. The number of hydrogen-bond acceptors (Lipinski definition) is 6. The van der Waals surface area contributed by atoms with Crippen molar-refractivity contribution in [3.8, 4) is 0 Å². The molecule has 1 aliphatic rings. The number of halogens is 3. The Morgan fingerprint density at radius 3 is 2.48 bits per heavy atom. The van der Waals surface area contributed by atoms with Gasteiger partial charge in [-0.1, -0.05) is 0 Å². The summed E-state index contributed by atoms with van der Waals surface area (Å²) in [6.07, 6.45) is -0.355. The highest BCUT2D eigenvalue weighted by molar-refractivity contribution is 5.69. The molecule has 1 fully saturated rings. The molecule has 1 aromatic carbocycles. The lowest BCUT2D eigenvalue weighted by atomic mass is 9.84. The highest BCUT2D eigenvalue weighted by atomic mass is 19.2. The molecule has 1 saturated heterocycles. The van der Waals surface area contributed by atoms with Crippen LogP contribution in [0.3, 0.4) is 0 Å². The number of hydrogen-bond donors (Lipinski definition) is 3. The van der Waals surface area contributed by atoms with Crippen LogP contribution < -0.4 is 21.7 Å². The van der Waals surface area contributed by atoms with Crippen molar-refractivity contribution in [1.82, 2.24) is 10.3 Å². The van der Waals surface area contributed by atoms with Crippen LogP contribution in [-0.2, 0) is 4.74 Å². The van der Waals surface area contributed by atoms with E-state index >= 15 is 0 Å². The van der Waals surface area contributed by atoms with Crippen molar-refractivity contribution in [3.05, 3.63) is 47.3 Å². The summed E-state index contributed by atoms with van der Waals surface area (Å²) in [6.45, 7) is 5.79. The van der Waals surface area contributed by atoms with Crippen molar-refractivity contribution in [1.29, 1.82) is 0 Å². The monoisotopic (exact) mass is 437 g/mol. The molecule has 3 rings (SSSR count). The van der Waals surface area contributed by atoms with Crippen LogP contribution in [0.15, 0.2) is 24.3 Å². The first-order valence-electron chi connectivity index (χ1n) is 9.85. The van der Waals surface area contributed by atoms with Crippen LogP contribution in [-0.4, -0.2) is 35.8 Å². The molecule has 2 aromatic rings. The fraction of sp³-hybridized carbons (Fsp3) is 0.429. The zero-order valence-electron chi connectivity index (χ0n) is 17.6. The predicted molar refractivity (Wildman–Crippen MR) is 112 cm³/mol. The van der Waals surface area contributed by atoms with E-state index in [2.05, 4.69) is 10.3 Å². The summed E-state index contributed by atoms with van der Waals surface area (Å²) in [5, 5.41) is 2.74. The Bertz CT molecular complexity index is 980. The summed E-state index contributed by atoms with van der Waals surface area (Å²) in [4.78, 5) is 18.5. The van der Waals surface area contributed by atoms with Gasteiger partial charge in [0.05, 0.1) is 11.7 Å². The maximum absolute atomic E-state index is 14.5. The Kier molecular flexibility index (Phi) is 6.19. The molecular weight excluding hydrogens is 411 g/mol. The van der Waals surface area contributed by atoms with Crippen molar-refractivity contribution in [2.24, 2.45) is 0 Å². The summed E-state index contributed by atoms with van der Waals surface area (Å²) in [5.41, 5.74) is 11.1. The zero-order chi connectivity index (χ0) is 22.9. The third kappa shape index (κ3) is 5.31. The second kappa shape index (κ2) is 8.52. The summed E-state index contributed by atoms with van der Waals surface area (Å²) in [7, 11) is 0. The van der Waals surface area contributed by atoms with Crippen molar-refractivity contribution in [2.45, 2.75) is 44.8 Å². The number of nitrogen functional groups attached to an aromatic ring is 2. The number of anilines is 3. The fourth-order valence-corrected chi connectivity index (χ4v) is 3.61. The summed E-state index contributed by atoms with van der Waals surface area (Å²) >= 11 is 0. The number of piperidine rings is 1. The van der Waals surface area contributed by atoms with Gasteiger partial charge in [0, 0.05) is 25.1 Å². The van der Waals surface area contributed by atoms with E-state index in [1.165, 1.54) is 0 Å². The van der Waals surface area contributed by atoms with Crippen molar-refractivity contribution >= 4 is 23.4 Å². The average molecular weight is 437 g/mol. The van der Waals surface area contributed by atoms with E-state index in [9.17, 15) is 18.0 Å². The van der Waals surface area contributed by atoms with E-state index in [0.717, 1.165) is 6.07 Å². The van der Waals surface area contributed by atoms with Gasteiger partial charge in [-0.25, -0.2) is 22.9 Å². The number of benzene rings is 1. The van der Waals surface area contributed by atoms with E-state index in [4.69, 9.17) is 16.2 Å². The molecule has 1 amide bonds. The van der Waals surface area contributed by atoms with E-state index in [0.29, 0.717) is 30.5 Å². The molecular formula is C21H26F3N5O2. The second-order valence-electron chi connectivity index (χ2n) is 8.53. The molecule has 31 heavy (non-hydrogen) atoms. The molecule has 0 aliphatic carbocycles. The first-order valence-corrected chi connectivity index (χ1v) is 9.85. The average Bonchev–Trinajstić information content (AvgIpc) is 2.65. The number of nitrogens with two attached hydrogens (primary N) is 2. The minimum Gasteiger partial charge on any atom is -0.444 e. The van der Waals surface area contributed by atoms with Crippen LogP contribution in [0.5, 0.6) is 0 Å².